The SMILES string of the molecule is CC(O)CC(C)NCc1ccccc1C1CC1. The maximum atomic E-state index is 9.33. The standard InChI is InChI=1S/C15H23NO/c1-11(9-12(2)17)16-10-14-5-3-4-6-15(14)13-7-8-13/h3-6,11-13,16-17H,7-10H2,1-2H3. The Hall–Kier alpha value is -0.860. The summed E-state index contributed by atoms with van der Waals surface area (Å²) in [5, 5.41) is 12.8. The first-order valence-electron chi connectivity index (χ1n) is 6.66. The summed E-state index contributed by atoms with van der Waals surface area (Å²) in [7, 11) is 0. The molecule has 1 aromatic carbocycles. The van der Waals surface area contributed by atoms with E-state index in [0.717, 1.165) is 18.9 Å². The fourth-order valence-electron chi connectivity index (χ4n) is 2.37. The first-order chi connectivity index (χ1) is 8.16. The van der Waals surface area contributed by atoms with Crippen molar-refractivity contribution in [2.75, 3.05) is 0 Å². The van der Waals surface area contributed by atoms with Crippen LogP contribution < -0.4 is 5.32 Å². The summed E-state index contributed by atoms with van der Waals surface area (Å²) in [5.74, 6) is 0.806. The predicted molar refractivity (Wildman–Crippen MR) is 71.0 cm³/mol. The van der Waals surface area contributed by atoms with E-state index in [2.05, 4.69) is 36.5 Å². The third kappa shape index (κ3) is 3.83. The van der Waals surface area contributed by atoms with Crippen molar-refractivity contribution in [2.45, 2.75) is 57.7 Å². The molecule has 94 valence electrons. The highest BCUT2D eigenvalue weighted by atomic mass is 16.3. The van der Waals surface area contributed by atoms with Crippen molar-refractivity contribution in [1.29, 1.82) is 0 Å². The molecule has 2 N–H and O–H groups in total. The molecule has 17 heavy (non-hydrogen) atoms. The van der Waals surface area contributed by atoms with E-state index in [0.29, 0.717) is 6.04 Å². The van der Waals surface area contributed by atoms with E-state index in [4.69, 9.17) is 0 Å². The molecule has 1 aliphatic rings. The Labute approximate surface area is 104 Å². The lowest BCUT2D eigenvalue weighted by molar-refractivity contribution is 0.170. The van der Waals surface area contributed by atoms with Gasteiger partial charge in [0.15, 0.2) is 0 Å². The van der Waals surface area contributed by atoms with Gasteiger partial charge in [0, 0.05) is 12.6 Å². The van der Waals surface area contributed by atoms with Crippen LogP contribution in [0.1, 0.15) is 50.2 Å². The summed E-state index contributed by atoms with van der Waals surface area (Å²) in [4.78, 5) is 0. The van der Waals surface area contributed by atoms with Gasteiger partial charge in [-0.25, -0.2) is 0 Å². The van der Waals surface area contributed by atoms with Crippen LogP contribution in [0.4, 0.5) is 0 Å². The average Bonchev–Trinajstić information content (AvgIpc) is 3.09. The predicted octanol–water partition coefficient (Wildman–Crippen LogP) is 2.81. The quantitative estimate of drug-likeness (QED) is 0.792. The third-order valence-corrected chi connectivity index (χ3v) is 3.41. The Morgan fingerprint density at radius 1 is 1.29 bits per heavy atom. The molecule has 2 nitrogen and oxygen atoms in total. The Kier molecular flexibility index (Phi) is 4.19. The number of benzene rings is 1. The highest BCUT2D eigenvalue weighted by Gasteiger charge is 2.25. The molecule has 1 fully saturated rings. The molecule has 2 unspecified atom stereocenters. The molecule has 0 aromatic heterocycles. The van der Waals surface area contributed by atoms with Crippen LogP contribution in [-0.2, 0) is 6.54 Å². The van der Waals surface area contributed by atoms with Crippen LogP contribution in [0.3, 0.4) is 0 Å². The lowest BCUT2D eigenvalue weighted by atomic mass is 10.0. The second kappa shape index (κ2) is 5.65. The fourth-order valence-corrected chi connectivity index (χ4v) is 2.37. The molecule has 2 atom stereocenters. The summed E-state index contributed by atoms with van der Waals surface area (Å²) in [6.45, 7) is 4.89. The van der Waals surface area contributed by atoms with E-state index in [9.17, 15) is 5.11 Å². The number of hydrogen-bond donors (Lipinski definition) is 2. The fraction of sp³-hybridized carbons (Fsp3) is 0.600. The number of nitrogens with one attached hydrogen (secondary N) is 1. The molecular formula is C15H23NO. The molecule has 0 radical (unpaired) electrons. The number of hydrogen-bond acceptors (Lipinski definition) is 2. The van der Waals surface area contributed by atoms with Crippen LogP contribution in [0.25, 0.3) is 0 Å². The van der Waals surface area contributed by atoms with Crippen molar-refractivity contribution >= 4 is 0 Å². The highest BCUT2D eigenvalue weighted by molar-refractivity contribution is 5.33. The van der Waals surface area contributed by atoms with Gasteiger partial charge in [-0.15, -0.1) is 0 Å². The first-order valence-corrected chi connectivity index (χ1v) is 6.66. The minimum Gasteiger partial charge on any atom is -0.393 e. The second-order valence-electron chi connectivity index (χ2n) is 5.34. The zero-order chi connectivity index (χ0) is 12.3. The van der Waals surface area contributed by atoms with Gasteiger partial charge in [-0.2, -0.15) is 0 Å². The van der Waals surface area contributed by atoms with E-state index in [1.807, 2.05) is 6.92 Å². The van der Waals surface area contributed by atoms with Gasteiger partial charge >= 0.3 is 0 Å². The molecule has 1 aliphatic carbocycles. The monoisotopic (exact) mass is 233 g/mol. The first kappa shape index (κ1) is 12.6. The summed E-state index contributed by atoms with van der Waals surface area (Å²) < 4.78 is 0. The van der Waals surface area contributed by atoms with Gasteiger partial charge in [-0.3, -0.25) is 0 Å². The van der Waals surface area contributed by atoms with Gasteiger partial charge < -0.3 is 10.4 Å². The van der Waals surface area contributed by atoms with E-state index in [1.165, 1.54) is 24.0 Å². The lowest BCUT2D eigenvalue weighted by Gasteiger charge is -2.17. The van der Waals surface area contributed by atoms with Crippen LogP contribution >= 0.6 is 0 Å². The van der Waals surface area contributed by atoms with Crippen LogP contribution in [0.2, 0.25) is 0 Å². The van der Waals surface area contributed by atoms with Crippen LogP contribution in [0, 0.1) is 0 Å². The van der Waals surface area contributed by atoms with Crippen molar-refractivity contribution in [3.8, 4) is 0 Å². The van der Waals surface area contributed by atoms with Crippen molar-refractivity contribution in [3.05, 3.63) is 35.4 Å². The molecule has 1 saturated carbocycles. The van der Waals surface area contributed by atoms with E-state index in [-0.39, 0.29) is 6.10 Å². The van der Waals surface area contributed by atoms with Gasteiger partial charge in [-0.05, 0) is 50.2 Å². The van der Waals surface area contributed by atoms with Crippen molar-refractivity contribution in [3.63, 3.8) is 0 Å². The summed E-state index contributed by atoms with van der Waals surface area (Å²) >= 11 is 0. The topological polar surface area (TPSA) is 32.3 Å². The van der Waals surface area contributed by atoms with Gasteiger partial charge in [0.05, 0.1) is 6.10 Å². The number of rotatable bonds is 6. The normalized spacial score (nSPS) is 19.0. The zero-order valence-corrected chi connectivity index (χ0v) is 10.8. The molecule has 2 rings (SSSR count). The van der Waals surface area contributed by atoms with Gasteiger partial charge in [0.25, 0.3) is 0 Å². The average molecular weight is 233 g/mol. The minimum absolute atomic E-state index is 0.226. The third-order valence-electron chi connectivity index (χ3n) is 3.41. The molecule has 0 aliphatic heterocycles. The van der Waals surface area contributed by atoms with Gasteiger partial charge in [-0.1, -0.05) is 24.3 Å². The maximum Gasteiger partial charge on any atom is 0.0526 e. The minimum atomic E-state index is -0.226. The smallest absolute Gasteiger partial charge is 0.0526 e. The summed E-state index contributed by atoms with van der Waals surface area (Å²) in [6.07, 6.45) is 3.28. The molecule has 0 saturated heterocycles. The van der Waals surface area contributed by atoms with Crippen molar-refractivity contribution < 1.29 is 5.11 Å². The lowest BCUT2D eigenvalue weighted by Crippen LogP contribution is -2.29. The van der Waals surface area contributed by atoms with Crippen LogP contribution in [0.15, 0.2) is 24.3 Å². The van der Waals surface area contributed by atoms with Crippen molar-refractivity contribution in [2.24, 2.45) is 0 Å². The molecule has 0 heterocycles. The highest BCUT2D eigenvalue weighted by Crippen LogP contribution is 2.41. The molecule has 0 spiro atoms. The molecule has 0 bridgehead atoms. The zero-order valence-electron chi connectivity index (χ0n) is 10.8. The molecule has 2 heteroatoms. The van der Waals surface area contributed by atoms with E-state index in [1.54, 1.807) is 0 Å². The molecular weight excluding hydrogens is 210 g/mol. The Morgan fingerprint density at radius 2 is 2.00 bits per heavy atom. The van der Waals surface area contributed by atoms with Gasteiger partial charge in [0.1, 0.15) is 0 Å². The maximum absolute atomic E-state index is 9.33. The summed E-state index contributed by atoms with van der Waals surface area (Å²) in [6, 6.07) is 9.09. The summed E-state index contributed by atoms with van der Waals surface area (Å²) in [5.41, 5.74) is 2.94. The van der Waals surface area contributed by atoms with Gasteiger partial charge in [0.2, 0.25) is 0 Å². The number of aliphatic hydroxyl groups excluding tert-OH is 1. The van der Waals surface area contributed by atoms with Crippen molar-refractivity contribution in [1.82, 2.24) is 5.32 Å². The van der Waals surface area contributed by atoms with Crippen LogP contribution in [-0.4, -0.2) is 17.3 Å². The van der Waals surface area contributed by atoms with E-state index < -0.39 is 0 Å². The Balaban J connectivity index is 1.90. The molecule has 1 aromatic rings. The Morgan fingerprint density at radius 3 is 2.65 bits per heavy atom. The Bertz CT molecular complexity index is 358. The van der Waals surface area contributed by atoms with E-state index >= 15 is 0 Å². The largest absolute Gasteiger partial charge is 0.393 e. The second-order valence-corrected chi connectivity index (χ2v) is 5.34. The van der Waals surface area contributed by atoms with Crippen LogP contribution in [0.5, 0.6) is 0 Å². The number of aliphatic hydroxyl groups is 1. The molecule has 0 amide bonds.